The first kappa shape index (κ1) is 10.8. The molecule has 0 fully saturated rings. The van der Waals surface area contributed by atoms with E-state index in [9.17, 15) is 0 Å². The molecule has 0 amide bonds. The lowest BCUT2D eigenvalue weighted by molar-refractivity contribution is 0.832. The second kappa shape index (κ2) is 4.14. The minimum absolute atomic E-state index is 0.684. The van der Waals surface area contributed by atoms with Gasteiger partial charge >= 0.3 is 0 Å². The first-order valence-electron chi connectivity index (χ1n) is 5.85. The maximum Gasteiger partial charge on any atom is 0.115 e. The number of aryl methyl sites for hydroxylation is 1. The third kappa shape index (κ3) is 1.82. The molecular weight excluding hydrogens is 224 g/mol. The molecule has 2 heterocycles. The summed E-state index contributed by atoms with van der Waals surface area (Å²) in [5.74, 6) is 1.01. The number of nitrogen functional groups attached to an aromatic ring is 1. The van der Waals surface area contributed by atoms with Crippen LogP contribution < -0.4 is 5.73 Å². The number of aromatic nitrogens is 3. The predicted octanol–water partition coefficient (Wildman–Crippen LogP) is 2.14. The maximum atomic E-state index is 5.63. The number of para-hydroxylation sites is 2. The zero-order valence-electron chi connectivity index (χ0n) is 10.2. The van der Waals surface area contributed by atoms with Crippen molar-refractivity contribution in [3.8, 4) is 0 Å². The van der Waals surface area contributed by atoms with Gasteiger partial charge in [-0.3, -0.25) is 4.98 Å². The average molecular weight is 238 g/mol. The van der Waals surface area contributed by atoms with Crippen molar-refractivity contribution in [1.29, 1.82) is 0 Å². The first-order valence-corrected chi connectivity index (χ1v) is 5.85. The van der Waals surface area contributed by atoms with E-state index < -0.39 is 0 Å². The van der Waals surface area contributed by atoms with Gasteiger partial charge in [0, 0.05) is 19.2 Å². The summed E-state index contributed by atoms with van der Waals surface area (Å²) in [4.78, 5) is 8.93. The van der Waals surface area contributed by atoms with Crippen molar-refractivity contribution < 1.29 is 0 Å². The number of benzene rings is 1. The molecule has 2 aromatic heterocycles. The fourth-order valence-corrected chi connectivity index (χ4v) is 2.06. The lowest BCUT2D eigenvalue weighted by Crippen LogP contribution is -2.01. The summed E-state index contributed by atoms with van der Waals surface area (Å²) in [6.45, 7) is 0. The van der Waals surface area contributed by atoms with Crippen molar-refractivity contribution in [3.05, 3.63) is 54.1 Å². The van der Waals surface area contributed by atoms with Crippen LogP contribution in [0.2, 0.25) is 0 Å². The van der Waals surface area contributed by atoms with Crippen molar-refractivity contribution >= 4 is 16.7 Å². The summed E-state index contributed by atoms with van der Waals surface area (Å²) in [5.41, 5.74) is 9.45. The molecule has 0 spiro atoms. The van der Waals surface area contributed by atoms with Crippen LogP contribution in [0.25, 0.3) is 11.0 Å². The highest BCUT2D eigenvalue weighted by atomic mass is 15.1. The van der Waals surface area contributed by atoms with E-state index in [1.54, 1.807) is 6.20 Å². The van der Waals surface area contributed by atoms with E-state index in [2.05, 4.69) is 20.6 Å². The minimum Gasteiger partial charge on any atom is -0.397 e. The Morgan fingerprint density at radius 2 is 2.00 bits per heavy atom. The number of anilines is 1. The van der Waals surface area contributed by atoms with Crippen LogP contribution >= 0.6 is 0 Å². The third-order valence-electron chi connectivity index (χ3n) is 3.07. The molecule has 0 radical (unpaired) electrons. The van der Waals surface area contributed by atoms with Crippen molar-refractivity contribution in [2.75, 3.05) is 5.73 Å². The maximum absolute atomic E-state index is 5.63. The van der Waals surface area contributed by atoms with Crippen LogP contribution in [0.3, 0.4) is 0 Å². The average Bonchev–Trinajstić information content (AvgIpc) is 2.70. The Hall–Kier alpha value is -2.36. The highest BCUT2D eigenvalue weighted by molar-refractivity contribution is 5.75. The number of nitrogens with two attached hydrogens (primary N) is 1. The van der Waals surface area contributed by atoms with Gasteiger partial charge in [0.25, 0.3) is 0 Å². The van der Waals surface area contributed by atoms with E-state index in [1.807, 2.05) is 37.4 Å². The predicted molar refractivity (Wildman–Crippen MR) is 72.2 cm³/mol. The molecule has 18 heavy (non-hydrogen) atoms. The molecule has 90 valence electrons. The van der Waals surface area contributed by atoms with Crippen molar-refractivity contribution in [2.45, 2.75) is 6.42 Å². The van der Waals surface area contributed by atoms with Gasteiger partial charge in [0.2, 0.25) is 0 Å². The van der Waals surface area contributed by atoms with Gasteiger partial charge in [0.05, 0.1) is 22.9 Å². The van der Waals surface area contributed by atoms with Gasteiger partial charge in [-0.2, -0.15) is 0 Å². The lowest BCUT2D eigenvalue weighted by Gasteiger charge is -2.02. The van der Waals surface area contributed by atoms with Crippen LogP contribution in [-0.4, -0.2) is 14.5 Å². The number of nitrogens with zero attached hydrogens (tertiary/aromatic N) is 3. The molecule has 0 aliphatic carbocycles. The van der Waals surface area contributed by atoms with Crippen molar-refractivity contribution in [3.63, 3.8) is 0 Å². The van der Waals surface area contributed by atoms with Gasteiger partial charge in [0.15, 0.2) is 0 Å². The van der Waals surface area contributed by atoms with Crippen LogP contribution in [0.15, 0.2) is 42.6 Å². The monoisotopic (exact) mass is 238 g/mol. The second-order valence-corrected chi connectivity index (χ2v) is 4.34. The zero-order chi connectivity index (χ0) is 12.5. The van der Waals surface area contributed by atoms with Crippen LogP contribution in [0.1, 0.15) is 11.5 Å². The van der Waals surface area contributed by atoms with Gasteiger partial charge < -0.3 is 10.3 Å². The summed E-state index contributed by atoms with van der Waals surface area (Å²) < 4.78 is 2.10. The quantitative estimate of drug-likeness (QED) is 0.744. The lowest BCUT2D eigenvalue weighted by atomic mass is 10.2. The van der Waals surface area contributed by atoms with Gasteiger partial charge in [0.1, 0.15) is 5.82 Å². The summed E-state index contributed by atoms with van der Waals surface area (Å²) >= 11 is 0. The number of fused-ring (bicyclic) bond motifs is 1. The zero-order valence-corrected chi connectivity index (χ0v) is 10.2. The number of rotatable bonds is 2. The van der Waals surface area contributed by atoms with Gasteiger partial charge in [-0.05, 0) is 24.3 Å². The smallest absolute Gasteiger partial charge is 0.115 e. The van der Waals surface area contributed by atoms with Crippen LogP contribution in [0.4, 0.5) is 5.69 Å². The third-order valence-corrected chi connectivity index (χ3v) is 3.07. The van der Waals surface area contributed by atoms with Crippen molar-refractivity contribution in [1.82, 2.24) is 14.5 Å². The summed E-state index contributed by atoms with van der Waals surface area (Å²) in [6, 6.07) is 11.9. The molecule has 0 saturated heterocycles. The van der Waals surface area contributed by atoms with E-state index in [1.165, 1.54) is 0 Å². The Bertz CT molecular complexity index is 683. The first-order chi connectivity index (χ1) is 8.74. The molecule has 4 heteroatoms. The Morgan fingerprint density at radius 3 is 2.72 bits per heavy atom. The standard InChI is InChI=1S/C14H14N4/c1-18-13-5-3-2-4-12(13)17-14(18)8-11-7-6-10(15)9-16-11/h2-7,9H,8,15H2,1H3. The minimum atomic E-state index is 0.684. The normalized spacial score (nSPS) is 10.9. The van der Waals surface area contributed by atoms with Gasteiger partial charge in [-0.25, -0.2) is 4.98 Å². The topological polar surface area (TPSA) is 56.7 Å². The van der Waals surface area contributed by atoms with Crippen LogP contribution in [0, 0.1) is 0 Å². The molecule has 0 unspecified atom stereocenters. The van der Waals surface area contributed by atoms with Crippen molar-refractivity contribution in [2.24, 2.45) is 7.05 Å². The number of hydrogen-bond acceptors (Lipinski definition) is 3. The van der Waals surface area contributed by atoms with E-state index in [0.717, 1.165) is 22.6 Å². The summed E-state index contributed by atoms with van der Waals surface area (Å²) in [7, 11) is 2.03. The van der Waals surface area contributed by atoms with Crippen LogP contribution in [0.5, 0.6) is 0 Å². The molecule has 4 nitrogen and oxygen atoms in total. The molecule has 3 rings (SSSR count). The number of pyridine rings is 1. The molecule has 0 saturated carbocycles. The second-order valence-electron chi connectivity index (χ2n) is 4.34. The van der Waals surface area contributed by atoms with E-state index in [-0.39, 0.29) is 0 Å². The molecular formula is C14H14N4. The highest BCUT2D eigenvalue weighted by Crippen LogP contribution is 2.16. The van der Waals surface area contributed by atoms with Gasteiger partial charge in [-0.1, -0.05) is 12.1 Å². The van der Waals surface area contributed by atoms with Crippen LogP contribution in [-0.2, 0) is 13.5 Å². The summed E-state index contributed by atoms with van der Waals surface area (Å²) in [5, 5.41) is 0. The highest BCUT2D eigenvalue weighted by Gasteiger charge is 2.08. The fourth-order valence-electron chi connectivity index (χ4n) is 2.06. The van der Waals surface area contributed by atoms with E-state index >= 15 is 0 Å². The Kier molecular flexibility index (Phi) is 2.48. The van der Waals surface area contributed by atoms with Gasteiger partial charge in [-0.15, -0.1) is 0 Å². The van der Waals surface area contributed by atoms with E-state index in [4.69, 9.17) is 5.73 Å². The Balaban J connectivity index is 1.99. The Labute approximate surface area is 105 Å². The summed E-state index contributed by atoms with van der Waals surface area (Å²) in [6.07, 6.45) is 2.39. The molecule has 2 N–H and O–H groups in total. The molecule has 0 bridgehead atoms. The molecule has 0 aliphatic heterocycles. The largest absolute Gasteiger partial charge is 0.397 e. The molecule has 1 aromatic carbocycles. The SMILES string of the molecule is Cn1c(Cc2ccc(N)cn2)nc2ccccc21. The fraction of sp³-hybridized carbons (Fsp3) is 0.143. The Morgan fingerprint density at radius 1 is 1.17 bits per heavy atom. The molecule has 0 aliphatic rings. The molecule has 3 aromatic rings. The molecule has 0 atom stereocenters. The number of hydrogen-bond donors (Lipinski definition) is 1. The number of imidazole rings is 1. The van der Waals surface area contributed by atoms with E-state index in [0.29, 0.717) is 12.1 Å².